The van der Waals surface area contributed by atoms with E-state index < -0.39 is 23.9 Å². The molecule has 0 heterocycles. The highest BCUT2D eigenvalue weighted by molar-refractivity contribution is 5.98. The highest BCUT2D eigenvalue weighted by Crippen LogP contribution is 2.20. The third kappa shape index (κ3) is 6.18. The van der Waals surface area contributed by atoms with Crippen LogP contribution in [0.4, 0.5) is 5.69 Å². The molecule has 3 aromatic carbocycles. The van der Waals surface area contributed by atoms with Gasteiger partial charge >= 0.3 is 5.97 Å². The lowest BCUT2D eigenvalue weighted by Crippen LogP contribution is -2.33. The minimum absolute atomic E-state index is 0.371. The van der Waals surface area contributed by atoms with Crippen LogP contribution in [-0.2, 0) is 14.3 Å². The van der Waals surface area contributed by atoms with Crippen LogP contribution in [0.25, 0.3) is 0 Å². The fraction of sp³-hybridized carbons (Fsp3) is 0.160. The van der Waals surface area contributed by atoms with Crippen LogP contribution in [0.5, 0.6) is 5.75 Å². The maximum absolute atomic E-state index is 12.9. The van der Waals surface area contributed by atoms with E-state index >= 15 is 0 Å². The minimum atomic E-state index is -1.16. The average Bonchev–Trinajstić information content (AvgIpc) is 2.83. The number of carbonyl (C=O) groups excluding carboxylic acids is 3. The SMILES string of the molecule is COc1ccc(C(=O)NCC(=O)OC(C(=O)Nc2ccc(C)cc2)c2ccccc2)cc1. The Hall–Kier alpha value is -4.13. The largest absolute Gasteiger partial charge is 0.497 e. The molecule has 2 amide bonds. The molecule has 0 bridgehead atoms. The molecule has 7 heteroatoms. The van der Waals surface area contributed by atoms with E-state index in [1.807, 2.05) is 19.1 Å². The van der Waals surface area contributed by atoms with E-state index in [4.69, 9.17) is 9.47 Å². The first-order chi connectivity index (χ1) is 15.5. The molecule has 32 heavy (non-hydrogen) atoms. The molecule has 0 radical (unpaired) electrons. The van der Waals surface area contributed by atoms with Crippen LogP contribution in [0, 0.1) is 6.92 Å². The van der Waals surface area contributed by atoms with Gasteiger partial charge in [0, 0.05) is 16.8 Å². The predicted molar refractivity (Wildman–Crippen MR) is 120 cm³/mol. The summed E-state index contributed by atoms with van der Waals surface area (Å²) in [6, 6.07) is 22.4. The lowest BCUT2D eigenvalue weighted by atomic mass is 10.1. The lowest BCUT2D eigenvalue weighted by Gasteiger charge is -2.18. The number of hydrogen-bond donors (Lipinski definition) is 2. The van der Waals surface area contributed by atoms with Crippen molar-refractivity contribution >= 4 is 23.5 Å². The molecule has 7 nitrogen and oxygen atoms in total. The van der Waals surface area contributed by atoms with Crippen molar-refractivity contribution in [2.75, 3.05) is 19.0 Å². The molecule has 0 aromatic heterocycles. The number of esters is 1. The first kappa shape index (κ1) is 22.6. The van der Waals surface area contributed by atoms with Gasteiger partial charge in [-0.2, -0.15) is 0 Å². The van der Waals surface area contributed by atoms with Gasteiger partial charge in [0.15, 0.2) is 0 Å². The number of aryl methyl sites for hydroxylation is 1. The number of ether oxygens (including phenoxy) is 2. The van der Waals surface area contributed by atoms with E-state index in [-0.39, 0.29) is 6.54 Å². The Morgan fingerprint density at radius 3 is 2.16 bits per heavy atom. The van der Waals surface area contributed by atoms with Crippen molar-refractivity contribution in [3.63, 3.8) is 0 Å². The summed E-state index contributed by atoms with van der Waals surface area (Å²) in [4.78, 5) is 37.6. The van der Waals surface area contributed by atoms with Gasteiger partial charge in [-0.25, -0.2) is 0 Å². The van der Waals surface area contributed by atoms with E-state index in [1.54, 1.807) is 66.7 Å². The third-order valence-electron chi connectivity index (χ3n) is 4.65. The van der Waals surface area contributed by atoms with Gasteiger partial charge in [-0.05, 0) is 43.3 Å². The average molecular weight is 432 g/mol. The summed E-state index contributed by atoms with van der Waals surface area (Å²) in [5.74, 6) is -1.05. The van der Waals surface area contributed by atoms with Crippen LogP contribution in [0.2, 0.25) is 0 Å². The fourth-order valence-electron chi connectivity index (χ4n) is 2.92. The maximum atomic E-state index is 12.9. The third-order valence-corrected chi connectivity index (χ3v) is 4.65. The van der Waals surface area contributed by atoms with Crippen molar-refractivity contribution in [2.24, 2.45) is 0 Å². The molecule has 0 saturated carbocycles. The molecule has 3 aromatic rings. The van der Waals surface area contributed by atoms with Gasteiger partial charge in [0.05, 0.1) is 7.11 Å². The van der Waals surface area contributed by atoms with Gasteiger partial charge in [-0.3, -0.25) is 14.4 Å². The number of rotatable bonds is 8. The molecular weight excluding hydrogens is 408 g/mol. The maximum Gasteiger partial charge on any atom is 0.326 e. The number of anilines is 1. The minimum Gasteiger partial charge on any atom is -0.497 e. The summed E-state index contributed by atoms with van der Waals surface area (Å²) in [6.07, 6.45) is -1.16. The van der Waals surface area contributed by atoms with Crippen LogP contribution in [-0.4, -0.2) is 31.4 Å². The van der Waals surface area contributed by atoms with Crippen LogP contribution < -0.4 is 15.4 Å². The summed E-state index contributed by atoms with van der Waals surface area (Å²) in [7, 11) is 1.53. The van der Waals surface area contributed by atoms with Gasteiger partial charge in [0.2, 0.25) is 6.10 Å². The monoisotopic (exact) mass is 432 g/mol. The summed E-state index contributed by atoms with van der Waals surface area (Å²) in [6.45, 7) is 1.56. The summed E-state index contributed by atoms with van der Waals surface area (Å²) in [5.41, 5.74) is 2.54. The Morgan fingerprint density at radius 1 is 0.875 bits per heavy atom. The number of benzene rings is 3. The predicted octanol–water partition coefficient (Wildman–Crippen LogP) is 3.66. The Labute approximate surface area is 186 Å². The zero-order valence-electron chi connectivity index (χ0n) is 17.8. The molecule has 0 fully saturated rings. The highest BCUT2D eigenvalue weighted by atomic mass is 16.5. The smallest absolute Gasteiger partial charge is 0.326 e. The Kier molecular flexibility index (Phi) is 7.59. The Balaban J connectivity index is 1.64. The molecule has 3 rings (SSSR count). The van der Waals surface area contributed by atoms with Gasteiger partial charge in [-0.1, -0.05) is 48.0 Å². The van der Waals surface area contributed by atoms with E-state index in [0.717, 1.165) is 5.56 Å². The first-order valence-electron chi connectivity index (χ1n) is 10.0. The van der Waals surface area contributed by atoms with Crippen LogP contribution >= 0.6 is 0 Å². The Morgan fingerprint density at radius 2 is 1.53 bits per heavy atom. The normalized spacial score (nSPS) is 11.2. The van der Waals surface area contributed by atoms with Crippen LogP contribution in [0.3, 0.4) is 0 Å². The van der Waals surface area contributed by atoms with Crippen molar-refractivity contribution in [1.29, 1.82) is 0 Å². The number of nitrogens with one attached hydrogen (secondary N) is 2. The van der Waals surface area contributed by atoms with Crippen LogP contribution in [0.1, 0.15) is 27.6 Å². The van der Waals surface area contributed by atoms with Gasteiger partial charge in [0.25, 0.3) is 11.8 Å². The zero-order chi connectivity index (χ0) is 22.9. The molecule has 1 atom stereocenters. The van der Waals surface area contributed by atoms with E-state index in [1.165, 1.54) is 7.11 Å². The molecule has 0 aliphatic rings. The van der Waals surface area contributed by atoms with Crippen molar-refractivity contribution in [1.82, 2.24) is 5.32 Å². The van der Waals surface area contributed by atoms with Gasteiger partial charge in [0.1, 0.15) is 12.3 Å². The number of hydrogen-bond acceptors (Lipinski definition) is 5. The number of amides is 2. The highest BCUT2D eigenvalue weighted by Gasteiger charge is 2.25. The van der Waals surface area contributed by atoms with E-state index in [2.05, 4.69) is 10.6 Å². The van der Waals surface area contributed by atoms with Crippen molar-refractivity contribution in [3.05, 3.63) is 95.6 Å². The summed E-state index contributed by atoms with van der Waals surface area (Å²) in [5, 5.41) is 5.26. The molecule has 2 N–H and O–H groups in total. The van der Waals surface area contributed by atoms with Crippen molar-refractivity contribution in [3.8, 4) is 5.75 Å². The summed E-state index contributed by atoms with van der Waals surface area (Å²) < 4.78 is 10.5. The zero-order valence-corrected chi connectivity index (χ0v) is 17.8. The first-order valence-corrected chi connectivity index (χ1v) is 10.0. The second kappa shape index (κ2) is 10.8. The second-order valence-electron chi connectivity index (χ2n) is 7.05. The molecule has 0 aliphatic carbocycles. The van der Waals surface area contributed by atoms with Gasteiger partial charge in [-0.15, -0.1) is 0 Å². The van der Waals surface area contributed by atoms with Crippen molar-refractivity contribution in [2.45, 2.75) is 13.0 Å². The second-order valence-corrected chi connectivity index (χ2v) is 7.05. The van der Waals surface area contributed by atoms with Crippen LogP contribution in [0.15, 0.2) is 78.9 Å². The van der Waals surface area contributed by atoms with E-state index in [9.17, 15) is 14.4 Å². The quantitative estimate of drug-likeness (QED) is 0.530. The van der Waals surface area contributed by atoms with Crippen molar-refractivity contribution < 1.29 is 23.9 Å². The van der Waals surface area contributed by atoms with Gasteiger partial charge < -0.3 is 20.1 Å². The molecule has 0 spiro atoms. The summed E-state index contributed by atoms with van der Waals surface area (Å²) >= 11 is 0. The Bertz CT molecular complexity index is 1060. The molecule has 0 aliphatic heterocycles. The fourth-order valence-corrected chi connectivity index (χ4v) is 2.92. The molecule has 1 unspecified atom stereocenters. The number of carbonyl (C=O) groups is 3. The molecule has 164 valence electrons. The lowest BCUT2D eigenvalue weighted by molar-refractivity contribution is -0.153. The number of methoxy groups -OCH3 is 1. The topological polar surface area (TPSA) is 93.7 Å². The van der Waals surface area contributed by atoms with E-state index in [0.29, 0.717) is 22.6 Å². The molecular formula is C25H24N2O5. The standard InChI is InChI=1S/C25H24N2O5/c1-17-8-12-20(13-9-17)27-25(30)23(18-6-4-3-5-7-18)32-22(28)16-26-24(29)19-10-14-21(31-2)15-11-19/h3-15,23H,16H2,1-2H3,(H,26,29)(H,27,30). The molecule has 0 saturated heterocycles.